The summed E-state index contributed by atoms with van der Waals surface area (Å²) in [7, 11) is -5.68. The zero-order chi connectivity index (χ0) is 34.6. The smallest absolute Gasteiger partial charge is 0.330 e. The van der Waals surface area contributed by atoms with Crippen LogP contribution in [0.1, 0.15) is 34.7 Å². The predicted octanol–water partition coefficient (Wildman–Crippen LogP) is 6.46. The van der Waals surface area contributed by atoms with Gasteiger partial charge in [0.15, 0.2) is 9.84 Å². The van der Waals surface area contributed by atoms with Crippen LogP contribution in [0.2, 0.25) is 0 Å². The molecular weight excluding hydrogens is 639 g/mol. The van der Waals surface area contributed by atoms with Gasteiger partial charge >= 0.3 is 11.9 Å². The van der Waals surface area contributed by atoms with Crippen molar-refractivity contribution in [3.63, 3.8) is 0 Å². The molecule has 1 N–H and O–H groups in total. The summed E-state index contributed by atoms with van der Waals surface area (Å²) >= 11 is 0. The highest BCUT2D eigenvalue weighted by Crippen LogP contribution is 2.24. The molecule has 0 heterocycles. The Hall–Kier alpha value is -5.00. The third-order valence-electron chi connectivity index (χ3n) is 6.65. The van der Waals surface area contributed by atoms with Gasteiger partial charge < -0.3 is 9.84 Å². The number of aryl methyl sites for hydroxylation is 2. The molecule has 0 unspecified atom stereocenters. The lowest BCUT2D eigenvalue weighted by atomic mass is 10.2. The van der Waals surface area contributed by atoms with Crippen molar-refractivity contribution in [1.29, 1.82) is 0 Å². The normalized spacial score (nSPS) is 11.6. The number of rotatable bonds is 11. The first-order valence-corrected chi connectivity index (χ1v) is 17.6. The second kappa shape index (κ2) is 16.5. The van der Waals surface area contributed by atoms with Gasteiger partial charge in [0.1, 0.15) is 0 Å². The average Bonchev–Trinajstić information content (AvgIpc) is 3.03. The highest BCUT2D eigenvalue weighted by atomic mass is 32.2. The molecule has 0 aliphatic heterocycles. The summed E-state index contributed by atoms with van der Waals surface area (Å²) in [5, 5.41) is 8.65. The Kier molecular flexibility index (Phi) is 12.8. The molecule has 47 heavy (non-hydrogen) atoms. The van der Waals surface area contributed by atoms with E-state index < -0.39 is 31.8 Å². The summed E-state index contributed by atoms with van der Waals surface area (Å²) in [6.07, 6.45) is 5.16. The van der Waals surface area contributed by atoms with Crippen molar-refractivity contribution in [2.75, 3.05) is 18.0 Å². The van der Waals surface area contributed by atoms with Gasteiger partial charge in [0.25, 0.3) is 10.0 Å². The lowest BCUT2D eigenvalue weighted by Gasteiger charge is -2.20. The number of ether oxygens (including phenoxy) is 1. The summed E-state index contributed by atoms with van der Waals surface area (Å²) < 4.78 is 56.6. The number of carboxylic acids is 1. The molecule has 0 radical (unpaired) electrons. The van der Waals surface area contributed by atoms with Gasteiger partial charge in [-0.25, -0.2) is 26.4 Å². The van der Waals surface area contributed by atoms with E-state index in [2.05, 4.69) is 0 Å². The molecule has 0 spiro atoms. The topological polar surface area (TPSA) is 135 Å². The fraction of sp³-hybridized carbons (Fsp3) is 0.167. The molecule has 4 aromatic carbocycles. The standard InChI is InChI=1S/C19H20O4S.C17H17NO4S/c1-3-23-19(20)11-10-16-7-5-9-18(13-16)24(21,22)14-17-8-4-6-15(2)12-17;1-13-5-3-7-15(11-13)18(2)23(21,22)16-8-4-6-14(12-16)9-10-17(19)20/h4-13H,3,14H2,1-2H3;3-12H,1-2H3,(H,19,20)/b11-10+;10-9+. The van der Waals surface area contributed by atoms with E-state index in [0.29, 0.717) is 23.4 Å². The van der Waals surface area contributed by atoms with Crippen LogP contribution in [-0.2, 0) is 39.9 Å². The van der Waals surface area contributed by atoms with E-state index in [-0.39, 0.29) is 15.5 Å². The molecule has 9 nitrogen and oxygen atoms in total. The van der Waals surface area contributed by atoms with Crippen LogP contribution in [0, 0.1) is 13.8 Å². The maximum Gasteiger partial charge on any atom is 0.330 e. The number of sulfonamides is 1. The Balaban J connectivity index is 0.000000256. The van der Waals surface area contributed by atoms with E-state index in [1.807, 2.05) is 38.1 Å². The van der Waals surface area contributed by atoms with Crippen LogP contribution >= 0.6 is 0 Å². The third kappa shape index (κ3) is 11.1. The SMILES string of the molecule is CCOC(=O)/C=C/c1cccc(S(=O)(=O)Cc2cccc(C)c2)c1.Cc1cccc(N(C)S(=O)(=O)c2cccc(/C=C/C(=O)O)c2)c1. The highest BCUT2D eigenvalue weighted by Gasteiger charge is 2.21. The molecule has 0 atom stereocenters. The molecule has 0 saturated carbocycles. The number of sulfone groups is 1. The van der Waals surface area contributed by atoms with E-state index >= 15 is 0 Å². The second-order valence-corrected chi connectivity index (χ2v) is 14.4. The predicted molar refractivity (Wildman–Crippen MR) is 184 cm³/mol. The molecule has 0 amide bonds. The van der Waals surface area contributed by atoms with Gasteiger partial charge in [0.2, 0.25) is 0 Å². The minimum atomic E-state index is -3.72. The van der Waals surface area contributed by atoms with Gasteiger partial charge in [-0.3, -0.25) is 4.31 Å². The number of carbonyl (C=O) groups excluding carboxylic acids is 1. The summed E-state index contributed by atoms with van der Waals surface area (Å²) in [6, 6.07) is 27.3. The van der Waals surface area contributed by atoms with E-state index in [1.165, 1.54) is 35.6 Å². The van der Waals surface area contributed by atoms with E-state index in [9.17, 15) is 26.4 Å². The number of hydrogen-bond acceptors (Lipinski definition) is 7. The van der Waals surface area contributed by atoms with Gasteiger partial charge in [0, 0.05) is 19.2 Å². The van der Waals surface area contributed by atoms with Crippen LogP contribution in [0.3, 0.4) is 0 Å². The fourth-order valence-electron chi connectivity index (χ4n) is 4.34. The lowest BCUT2D eigenvalue weighted by molar-refractivity contribution is -0.137. The van der Waals surface area contributed by atoms with Crippen molar-refractivity contribution in [3.05, 3.63) is 137 Å². The molecule has 0 aromatic heterocycles. The summed E-state index contributed by atoms with van der Waals surface area (Å²) in [5.41, 5.74) is 4.44. The Morgan fingerprint density at radius 1 is 0.745 bits per heavy atom. The quantitative estimate of drug-likeness (QED) is 0.141. The summed E-state index contributed by atoms with van der Waals surface area (Å²) in [4.78, 5) is 22.2. The third-order valence-corrected chi connectivity index (χ3v) is 10.1. The van der Waals surface area contributed by atoms with Crippen LogP contribution in [0.25, 0.3) is 12.2 Å². The van der Waals surface area contributed by atoms with Crippen molar-refractivity contribution in [2.24, 2.45) is 0 Å². The zero-order valence-corrected chi connectivity index (χ0v) is 28.2. The Bertz CT molecular complexity index is 2000. The lowest BCUT2D eigenvalue weighted by Crippen LogP contribution is -2.26. The van der Waals surface area contributed by atoms with Gasteiger partial charge in [0.05, 0.1) is 27.8 Å². The Morgan fingerprint density at radius 3 is 1.89 bits per heavy atom. The number of carboxylic acid groups (broad SMARTS) is 1. The molecule has 246 valence electrons. The number of esters is 1. The van der Waals surface area contributed by atoms with Crippen LogP contribution in [0.15, 0.2) is 119 Å². The zero-order valence-electron chi connectivity index (χ0n) is 26.5. The first kappa shape index (κ1) is 36.5. The molecular formula is C36H37NO8S2. The molecule has 0 aliphatic rings. The Morgan fingerprint density at radius 2 is 1.30 bits per heavy atom. The maximum atomic E-state index is 12.7. The molecule has 0 bridgehead atoms. The number of carbonyl (C=O) groups is 2. The largest absolute Gasteiger partial charge is 0.478 e. The number of nitrogens with zero attached hydrogens (tertiary/aromatic N) is 1. The highest BCUT2D eigenvalue weighted by molar-refractivity contribution is 7.92. The molecule has 0 aliphatic carbocycles. The van der Waals surface area contributed by atoms with E-state index in [1.54, 1.807) is 73.7 Å². The minimum absolute atomic E-state index is 0.0558. The second-order valence-electron chi connectivity index (χ2n) is 10.5. The number of aliphatic carboxylic acids is 1. The molecule has 4 rings (SSSR count). The first-order chi connectivity index (χ1) is 22.2. The molecule has 0 saturated heterocycles. The van der Waals surface area contributed by atoms with Gasteiger partial charge in [-0.1, -0.05) is 66.2 Å². The Labute approximate surface area is 276 Å². The van der Waals surface area contributed by atoms with Gasteiger partial charge in [-0.2, -0.15) is 0 Å². The molecule has 0 fully saturated rings. The van der Waals surface area contributed by atoms with E-state index in [0.717, 1.165) is 22.8 Å². The van der Waals surface area contributed by atoms with E-state index in [4.69, 9.17) is 9.84 Å². The van der Waals surface area contributed by atoms with Gasteiger partial charge in [-0.05, 0) is 91.6 Å². The van der Waals surface area contributed by atoms with Crippen LogP contribution in [0.5, 0.6) is 0 Å². The van der Waals surface area contributed by atoms with Crippen LogP contribution in [0.4, 0.5) is 5.69 Å². The van der Waals surface area contributed by atoms with Crippen molar-refractivity contribution < 1.29 is 36.3 Å². The van der Waals surface area contributed by atoms with Crippen LogP contribution < -0.4 is 4.31 Å². The molecule has 11 heteroatoms. The first-order valence-electron chi connectivity index (χ1n) is 14.5. The minimum Gasteiger partial charge on any atom is -0.478 e. The number of hydrogen-bond donors (Lipinski definition) is 1. The maximum absolute atomic E-state index is 12.7. The fourth-order valence-corrected chi connectivity index (χ4v) is 6.97. The van der Waals surface area contributed by atoms with Crippen LogP contribution in [-0.4, -0.2) is 47.5 Å². The summed E-state index contributed by atoms with van der Waals surface area (Å²) in [5.74, 6) is -1.60. The van der Waals surface area contributed by atoms with Crippen molar-refractivity contribution in [1.82, 2.24) is 0 Å². The molecule has 4 aromatic rings. The monoisotopic (exact) mass is 675 g/mol. The van der Waals surface area contributed by atoms with Crippen molar-refractivity contribution >= 4 is 49.6 Å². The average molecular weight is 676 g/mol. The summed E-state index contributed by atoms with van der Waals surface area (Å²) in [6.45, 7) is 5.84. The van der Waals surface area contributed by atoms with Gasteiger partial charge in [-0.15, -0.1) is 0 Å². The number of benzene rings is 4. The van der Waals surface area contributed by atoms with Crippen molar-refractivity contribution in [3.8, 4) is 0 Å². The number of anilines is 1. The van der Waals surface area contributed by atoms with Crippen molar-refractivity contribution in [2.45, 2.75) is 36.3 Å².